The van der Waals surface area contributed by atoms with Crippen molar-refractivity contribution in [2.45, 2.75) is 19.0 Å². The highest BCUT2D eigenvalue weighted by atomic mass is 19.4. The number of halogens is 5. The summed E-state index contributed by atoms with van der Waals surface area (Å²) in [5.74, 6) is -6.53. The van der Waals surface area contributed by atoms with E-state index in [2.05, 4.69) is 9.98 Å². The van der Waals surface area contributed by atoms with Crippen molar-refractivity contribution >= 4 is 12.1 Å². The van der Waals surface area contributed by atoms with E-state index in [0.717, 1.165) is 13.3 Å². The second-order valence-corrected chi connectivity index (χ2v) is 2.01. The van der Waals surface area contributed by atoms with Gasteiger partial charge >= 0.3 is 12.1 Å². The minimum absolute atomic E-state index is 0.821. The molecule has 0 saturated heterocycles. The second kappa shape index (κ2) is 3.80. The maximum Gasteiger partial charge on any atom is 0.461 e. The second-order valence-electron chi connectivity index (χ2n) is 2.01. The van der Waals surface area contributed by atoms with Gasteiger partial charge in [-0.1, -0.05) is 0 Å². The van der Waals surface area contributed by atoms with E-state index >= 15 is 0 Å². The topological polar surface area (TPSA) is 24.7 Å². The number of rotatable bonds is 1. The molecule has 0 rings (SSSR count). The SMILES string of the molecule is CC=NC(=NC)C(F)(F)C(F)(F)F. The Balaban J connectivity index is 5.02. The highest BCUT2D eigenvalue weighted by Gasteiger charge is 2.61. The fraction of sp³-hybridized carbons (Fsp3) is 0.667. The monoisotopic (exact) mass is 202 g/mol. The molecule has 13 heavy (non-hydrogen) atoms. The van der Waals surface area contributed by atoms with Gasteiger partial charge in [0.25, 0.3) is 0 Å². The number of hydrogen-bond acceptors (Lipinski definition) is 1. The van der Waals surface area contributed by atoms with Crippen molar-refractivity contribution in [2.75, 3.05) is 7.05 Å². The summed E-state index contributed by atoms with van der Waals surface area (Å²) in [7, 11) is 0.821. The van der Waals surface area contributed by atoms with Gasteiger partial charge in [0.1, 0.15) is 0 Å². The number of nitrogens with zero attached hydrogens (tertiary/aromatic N) is 2. The molecular weight excluding hydrogens is 195 g/mol. The smallest absolute Gasteiger partial charge is 0.268 e. The lowest BCUT2D eigenvalue weighted by Gasteiger charge is -2.18. The minimum atomic E-state index is -5.66. The molecule has 0 aromatic carbocycles. The van der Waals surface area contributed by atoms with Crippen molar-refractivity contribution in [3.8, 4) is 0 Å². The third-order valence-electron chi connectivity index (χ3n) is 1.10. The third kappa shape index (κ3) is 2.46. The summed E-state index contributed by atoms with van der Waals surface area (Å²) >= 11 is 0. The molecule has 0 aliphatic carbocycles. The first kappa shape index (κ1) is 12.0. The van der Waals surface area contributed by atoms with Crippen LogP contribution in [0.15, 0.2) is 9.98 Å². The van der Waals surface area contributed by atoms with Crippen LogP contribution in [0, 0.1) is 0 Å². The Morgan fingerprint density at radius 2 is 1.62 bits per heavy atom. The zero-order valence-corrected chi connectivity index (χ0v) is 6.86. The van der Waals surface area contributed by atoms with Gasteiger partial charge in [-0.3, -0.25) is 4.99 Å². The maximum absolute atomic E-state index is 12.4. The van der Waals surface area contributed by atoms with Crippen molar-refractivity contribution in [3.63, 3.8) is 0 Å². The molecule has 0 unspecified atom stereocenters. The van der Waals surface area contributed by atoms with Crippen molar-refractivity contribution < 1.29 is 22.0 Å². The van der Waals surface area contributed by atoms with Crippen molar-refractivity contribution in [2.24, 2.45) is 9.98 Å². The molecule has 0 aromatic heterocycles. The summed E-state index contributed by atoms with van der Waals surface area (Å²) in [4.78, 5) is 5.60. The molecule has 0 N–H and O–H groups in total. The molecule has 0 aliphatic heterocycles. The molecule has 76 valence electrons. The summed E-state index contributed by atoms with van der Waals surface area (Å²) in [6.45, 7) is 1.22. The zero-order valence-electron chi connectivity index (χ0n) is 6.86. The van der Waals surface area contributed by atoms with Gasteiger partial charge in [0, 0.05) is 13.3 Å². The molecule has 0 radical (unpaired) electrons. The summed E-state index contributed by atoms with van der Waals surface area (Å²) < 4.78 is 59.9. The summed E-state index contributed by atoms with van der Waals surface area (Å²) in [5, 5.41) is 0. The number of aliphatic imine (C=N–C) groups is 2. The Bertz CT molecular complexity index is 228. The summed E-state index contributed by atoms with van der Waals surface area (Å²) in [6, 6.07) is 0. The van der Waals surface area contributed by atoms with Crippen molar-refractivity contribution in [3.05, 3.63) is 0 Å². The third-order valence-corrected chi connectivity index (χ3v) is 1.10. The molecule has 0 amide bonds. The van der Waals surface area contributed by atoms with Crippen LogP contribution in [0.1, 0.15) is 6.92 Å². The first-order valence-corrected chi connectivity index (χ1v) is 3.17. The quantitative estimate of drug-likeness (QED) is 0.354. The molecule has 0 heterocycles. The van der Waals surface area contributed by atoms with E-state index in [0.29, 0.717) is 0 Å². The van der Waals surface area contributed by atoms with Gasteiger partial charge in [-0.2, -0.15) is 22.0 Å². The van der Waals surface area contributed by atoms with Crippen molar-refractivity contribution in [1.82, 2.24) is 0 Å². The van der Waals surface area contributed by atoms with Crippen LogP contribution < -0.4 is 0 Å². The molecule has 0 aromatic rings. The van der Waals surface area contributed by atoms with Crippen LogP contribution in [0.5, 0.6) is 0 Å². The van der Waals surface area contributed by atoms with Crippen LogP contribution in [0.4, 0.5) is 22.0 Å². The van der Waals surface area contributed by atoms with E-state index in [-0.39, 0.29) is 0 Å². The molecule has 0 aliphatic rings. The normalized spacial score (nSPS) is 15.5. The molecule has 0 spiro atoms. The Labute approximate surface area is 71.2 Å². The molecule has 0 fully saturated rings. The highest BCUT2D eigenvalue weighted by molar-refractivity contribution is 5.95. The van der Waals surface area contributed by atoms with E-state index < -0.39 is 17.9 Å². The van der Waals surface area contributed by atoms with Gasteiger partial charge in [-0.05, 0) is 6.92 Å². The molecule has 0 bridgehead atoms. The van der Waals surface area contributed by atoms with Crippen LogP contribution in [0.2, 0.25) is 0 Å². The minimum Gasteiger partial charge on any atom is -0.268 e. The van der Waals surface area contributed by atoms with Crippen molar-refractivity contribution in [1.29, 1.82) is 0 Å². The Kier molecular flexibility index (Phi) is 3.50. The largest absolute Gasteiger partial charge is 0.461 e. The highest BCUT2D eigenvalue weighted by Crippen LogP contribution is 2.36. The predicted molar refractivity (Wildman–Crippen MR) is 38.5 cm³/mol. The van der Waals surface area contributed by atoms with Gasteiger partial charge in [0.2, 0.25) is 5.84 Å². The Hall–Kier alpha value is -1.01. The van der Waals surface area contributed by atoms with Gasteiger partial charge in [0.15, 0.2) is 0 Å². The number of amidine groups is 1. The summed E-state index contributed by atoms with van der Waals surface area (Å²) in [5.41, 5.74) is 0. The van der Waals surface area contributed by atoms with E-state index in [4.69, 9.17) is 0 Å². The molecule has 0 atom stereocenters. The van der Waals surface area contributed by atoms with E-state index in [1.54, 1.807) is 0 Å². The van der Waals surface area contributed by atoms with E-state index in [9.17, 15) is 22.0 Å². The summed E-state index contributed by atoms with van der Waals surface area (Å²) in [6.07, 6.45) is -4.84. The van der Waals surface area contributed by atoms with Gasteiger partial charge in [0.05, 0.1) is 0 Å². The number of alkyl halides is 5. The molecular formula is C6H7F5N2. The first-order chi connectivity index (χ1) is 5.77. The fourth-order valence-corrected chi connectivity index (χ4v) is 0.528. The lowest BCUT2D eigenvalue weighted by molar-refractivity contribution is -0.249. The Morgan fingerprint density at radius 3 is 1.85 bits per heavy atom. The standard InChI is InChI=1S/C6H7F5N2/c1-3-13-4(12-2)5(7,8)6(9,10)11/h3H,1-2H3. The lowest BCUT2D eigenvalue weighted by Crippen LogP contribution is -2.43. The maximum atomic E-state index is 12.4. The van der Waals surface area contributed by atoms with E-state index in [1.165, 1.54) is 6.92 Å². The Morgan fingerprint density at radius 1 is 1.15 bits per heavy atom. The van der Waals surface area contributed by atoms with Crippen LogP contribution >= 0.6 is 0 Å². The average Bonchev–Trinajstić information content (AvgIpc) is 1.97. The zero-order chi connectivity index (χ0) is 10.7. The lowest BCUT2D eigenvalue weighted by atomic mass is 10.3. The molecule has 7 heteroatoms. The predicted octanol–water partition coefficient (Wildman–Crippen LogP) is 2.30. The van der Waals surface area contributed by atoms with Gasteiger partial charge < -0.3 is 0 Å². The molecule has 2 nitrogen and oxygen atoms in total. The first-order valence-electron chi connectivity index (χ1n) is 3.17. The van der Waals surface area contributed by atoms with E-state index in [1.807, 2.05) is 0 Å². The van der Waals surface area contributed by atoms with Crippen LogP contribution in [0.3, 0.4) is 0 Å². The van der Waals surface area contributed by atoms with Crippen LogP contribution in [-0.4, -0.2) is 31.2 Å². The van der Waals surface area contributed by atoms with Gasteiger partial charge in [-0.15, -0.1) is 0 Å². The van der Waals surface area contributed by atoms with Gasteiger partial charge in [-0.25, -0.2) is 4.99 Å². The van der Waals surface area contributed by atoms with Crippen LogP contribution in [0.25, 0.3) is 0 Å². The number of hydrogen-bond donors (Lipinski definition) is 0. The van der Waals surface area contributed by atoms with Crippen LogP contribution in [-0.2, 0) is 0 Å². The average molecular weight is 202 g/mol. The molecule has 0 saturated carbocycles. The fourth-order valence-electron chi connectivity index (χ4n) is 0.528.